The van der Waals surface area contributed by atoms with Crippen molar-refractivity contribution in [3.05, 3.63) is 64.0 Å². The van der Waals surface area contributed by atoms with E-state index >= 15 is 0 Å². The summed E-state index contributed by atoms with van der Waals surface area (Å²) in [5.41, 5.74) is 0.690. The Kier molecular flexibility index (Phi) is 4.61. The summed E-state index contributed by atoms with van der Waals surface area (Å²) in [6.07, 6.45) is -5.90. The monoisotopic (exact) mass is 457 g/mol. The van der Waals surface area contributed by atoms with Gasteiger partial charge in [-0.05, 0) is 42.8 Å². The van der Waals surface area contributed by atoms with Crippen molar-refractivity contribution in [1.29, 1.82) is 0 Å². The van der Waals surface area contributed by atoms with Crippen molar-refractivity contribution >= 4 is 29.1 Å². The molecule has 160 valence electrons. The molecule has 1 aliphatic heterocycles. The van der Waals surface area contributed by atoms with Gasteiger partial charge in [0.05, 0.1) is 21.8 Å². The van der Waals surface area contributed by atoms with Crippen LogP contribution in [0, 0.1) is 6.92 Å². The quantitative estimate of drug-likeness (QED) is 0.401. The molecule has 2 heterocycles. The van der Waals surface area contributed by atoms with E-state index in [0.29, 0.717) is 5.56 Å². The maximum Gasteiger partial charge on any atom is 0.463 e. The van der Waals surface area contributed by atoms with Gasteiger partial charge in [0.15, 0.2) is 0 Å². The normalized spacial score (nSPS) is 14.4. The van der Waals surface area contributed by atoms with Gasteiger partial charge >= 0.3 is 12.1 Å². The molecule has 0 atom stereocenters. The van der Waals surface area contributed by atoms with E-state index in [2.05, 4.69) is 14.6 Å². The highest BCUT2D eigenvalue weighted by Crippen LogP contribution is 2.44. The fourth-order valence-electron chi connectivity index (χ4n) is 3.09. The maximum atomic E-state index is 13.4. The van der Waals surface area contributed by atoms with Crippen LogP contribution in [0.4, 0.5) is 27.6 Å². The van der Waals surface area contributed by atoms with E-state index in [0.717, 1.165) is 4.90 Å². The van der Waals surface area contributed by atoms with Crippen LogP contribution in [0.3, 0.4) is 0 Å². The van der Waals surface area contributed by atoms with Crippen molar-refractivity contribution in [2.24, 2.45) is 0 Å². The minimum atomic E-state index is -5.90. The van der Waals surface area contributed by atoms with E-state index in [1.54, 1.807) is 0 Å². The van der Waals surface area contributed by atoms with Gasteiger partial charge < -0.3 is 4.42 Å². The Bertz CT molecular complexity index is 1240. The molecule has 0 aliphatic carbocycles. The number of anilines is 1. The summed E-state index contributed by atoms with van der Waals surface area (Å²) in [5, 5.41) is 6.16. The standard InChI is InChI=1S/C19H9ClF5N3O3/c1-8-7-9(14-26-27-17(31-14)18(21,22)19(23,24)25)5-6-12(8)28-15(29)10-3-2-4-11(20)13(10)16(28)30/h2-7H,1H3. The topological polar surface area (TPSA) is 76.3 Å². The summed E-state index contributed by atoms with van der Waals surface area (Å²) >= 11 is 6.03. The first kappa shape index (κ1) is 20.9. The number of amides is 2. The summed E-state index contributed by atoms with van der Waals surface area (Å²) in [4.78, 5) is 26.3. The number of imide groups is 1. The van der Waals surface area contributed by atoms with Crippen molar-refractivity contribution in [1.82, 2.24) is 10.2 Å². The van der Waals surface area contributed by atoms with Crippen LogP contribution in [-0.4, -0.2) is 28.2 Å². The fraction of sp³-hybridized carbons (Fsp3) is 0.158. The number of aryl methyl sites for hydroxylation is 1. The molecule has 0 radical (unpaired) electrons. The van der Waals surface area contributed by atoms with Crippen LogP contribution in [0.5, 0.6) is 0 Å². The van der Waals surface area contributed by atoms with Crippen LogP contribution >= 0.6 is 11.6 Å². The summed E-state index contributed by atoms with van der Waals surface area (Å²) in [6, 6.07) is 8.31. The first-order valence-electron chi connectivity index (χ1n) is 8.50. The van der Waals surface area contributed by atoms with E-state index < -0.39 is 35.7 Å². The van der Waals surface area contributed by atoms with E-state index in [-0.39, 0.29) is 27.4 Å². The van der Waals surface area contributed by atoms with Crippen molar-refractivity contribution < 1.29 is 36.0 Å². The number of hydrogen-bond acceptors (Lipinski definition) is 5. The summed E-state index contributed by atoms with van der Waals surface area (Å²) in [5.74, 6) is -9.05. The Morgan fingerprint density at radius 2 is 1.71 bits per heavy atom. The van der Waals surface area contributed by atoms with Crippen molar-refractivity contribution in [2.45, 2.75) is 19.0 Å². The molecule has 0 unspecified atom stereocenters. The van der Waals surface area contributed by atoms with Crippen LogP contribution < -0.4 is 4.90 Å². The zero-order chi connectivity index (χ0) is 22.7. The summed E-state index contributed by atoms with van der Waals surface area (Å²) in [7, 11) is 0. The zero-order valence-corrected chi connectivity index (χ0v) is 16.1. The molecule has 0 saturated heterocycles. The second-order valence-corrected chi connectivity index (χ2v) is 7.00. The molecule has 6 nitrogen and oxygen atoms in total. The average molecular weight is 458 g/mol. The third-order valence-corrected chi connectivity index (χ3v) is 4.91. The lowest BCUT2D eigenvalue weighted by Gasteiger charge is -2.17. The number of alkyl halides is 5. The summed E-state index contributed by atoms with van der Waals surface area (Å²) < 4.78 is 68.7. The van der Waals surface area contributed by atoms with Crippen molar-refractivity contribution in [3.63, 3.8) is 0 Å². The van der Waals surface area contributed by atoms with E-state index in [4.69, 9.17) is 11.6 Å². The highest BCUT2D eigenvalue weighted by molar-refractivity contribution is 6.42. The Morgan fingerprint density at radius 3 is 2.32 bits per heavy atom. The number of rotatable bonds is 3. The molecule has 0 bridgehead atoms. The van der Waals surface area contributed by atoms with E-state index in [1.807, 2.05) is 0 Å². The molecule has 12 heteroatoms. The Morgan fingerprint density at radius 1 is 1.00 bits per heavy atom. The number of benzene rings is 2. The zero-order valence-electron chi connectivity index (χ0n) is 15.3. The van der Waals surface area contributed by atoms with Crippen LogP contribution in [-0.2, 0) is 5.92 Å². The maximum absolute atomic E-state index is 13.4. The molecule has 2 aromatic carbocycles. The first-order chi connectivity index (χ1) is 14.4. The van der Waals surface area contributed by atoms with Crippen LogP contribution in [0.15, 0.2) is 40.8 Å². The van der Waals surface area contributed by atoms with Gasteiger partial charge in [-0.3, -0.25) is 9.59 Å². The van der Waals surface area contributed by atoms with Gasteiger partial charge in [0.2, 0.25) is 5.89 Å². The van der Waals surface area contributed by atoms with Crippen molar-refractivity contribution in [2.75, 3.05) is 4.90 Å². The molecule has 0 N–H and O–H groups in total. The molecule has 0 spiro atoms. The minimum absolute atomic E-state index is 0.0209. The molecule has 2 amide bonds. The van der Waals surface area contributed by atoms with Crippen LogP contribution in [0.25, 0.3) is 11.5 Å². The molecular weight excluding hydrogens is 449 g/mol. The fourth-order valence-corrected chi connectivity index (χ4v) is 3.35. The number of aromatic nitrogens is 2. The number of nitrogens with zero attached hydrogens (tertiary/aromatic N) is 3. The molecule has 31 heavy (non-hydrogen) atoms. The Labute approximate surface area is 175 Å². The average Bonchev–Trinajstić information content (AvgIpc) is 3.27. The molecule has 4 rings (SSSR count). The third-order valence-electron chi connectivity index (χ3n) is 4.60. The van der Waals surface area contributed by atoms with Gasteiger partial charge in [-0.2, -0.15) is 22.0 Å². The number of fused-ring (bicyclic) bond motifs is 1. The lowest BCUT2D eigenvalue weighted by molar-refractivity contribution is -0.297. The summed E-state index contributed by atoms with van der Waals surface area (Å²) in [6.45, 7) is 1.51. The van der Waals surface area contributed by atoms with Crippen LogP contribution in [0.2, 0.25) is 5.02 Å². The Balaban J connectivity index is 1.69. The molecule has 0 saturated carbocycles. The molecular formula is C19H9ClF5N3O3. The van der Waals surface area contributed by atoms with Gasteiger partial charge in [0.1, 0.15) is 0 Å². The third kappa shape index (κ3) is 3.16. The molecule has 0 fully saturated rings. The molecule has 1 aliphatic rings. The van der Waals surface area contributed by atoms with Crippen molar-refractivity contribution in [3.8, 4) is 11.5 Å². The SMILES string of the molecule is Cc1cc(-c2nnc(C(F)(F)C(F)(F)F)o2)ccc1N1C(=O)c2cccc(Cl)c2C1=O. The van der Waals surface area contributed by atoms with Gasteiger partial charge in [0, 0.05) is 5.56 Å². The first-order valence-corrected chi connectivity index (χ1v) is 8.88. The van der Waals surface area contributed by atoms with Crippen LogP contribution in [0.1, 0.15) is 32.2 Å². The van der Waals surface area contributed by atoms with Gasteiger partial charge in [-0.25, -0.2) is 4.90 Å². The van der Waals surface area contributed by atoms with E-state index in [9.17, 15) is 31.5 Å². The highest BCUT2D eigenvalue weighted by Gasteiger charge is 2.63. The lowest BCUT2D eigenvalue weighted by atomic mass is 10.1. The van der Waals surface area contributed by atoms with Gasteiger partial charge in [-0.15, -0.1) is 10.2 Å². The Hall–Kier alpha value is -3.34. The molecule has 3 aromatic rings. The predicted octanol–water partition coefficient (Wildman–Crippen LogP) is 5.15. The molecule has 1 aromatic heterocycles. The number of carbonyl (C=O) groups excluding carboxylic acids is 2. The number of hydrogen-bond donors (Lipinski definition) is 0. The van der Waals surface area contributed by atoms with Gasteiger partial charge in [0.25, 0.3) is 17.7 Å². The second-order valence-electron chi connectivity index (χ2n) is 6.59. The largest absolute Gasteiger partial charge is 0.463 e. The second kappa shape index (κ2) is 6.84. The lowest BCUT2D eigenvalue weighted by Crippen LogP contribution is -2.34. The minimum Gasteiger partial charge on any atom is -0.415 e. The predicted molar refractivity (Wildman–Crippen MR) is 97.0 cm³/mol. The smallest absolute Gasteiger partial charge is 0.415 e. The number of carbonyl (C=O) groups is 2. The highest BCUT2D eigenvalue weighted by atomic mass is 35.5. The van der Waals surface area contributed by atoms with Gasteiger partial charge in [-0.1, -0.05) is 17.7 Å². The van der Waals surface area contributed by atoms with E-state index in [1.165, 1.54) is 43.3 Å². The number of halogens is 6.